The van der Waals surface area contributed by atoms with Gasteiger partial charge in [-0.3, -0.25) is 0 Å². The monoisotopic (exact) mass is 227 g/mol. The summed E-state index contributed by atoms with van der Waals surface area (Å²) < 4.78 is 5.53. The van der Waals surface area contributed by atoms with Gasteiger partial charge in [0.15, 0.2) is 0 Å². The van der Waals surface area contributed by atoms with Crippen molar-refractivity contribution < 1.29 is 4.42 Å². The van der Waals surface area contributed by atoms with Crippen LogP contribution in [0.4, 0.5) is 5.69 Å². The molecule has 2 heterocycles. The van der Waals surface area contributed by atoms with E-state index in [0.717, 1.165) is 17.2 Å². The van der Waals surface area contributed by atoms with Gasteiger partial charge in [-0.25, -0.2) is 4.98 Å². The second kappa shape index (κ2) is 4.71. The summed E-state index contributed by atoms with van der Waals surface area (Å²) in [5, 5.41) is 11.9. The lowest BCUT2D eigenvalue weighted by Gasteiger charge is -2.12. The summed E-state index contributed by atoms with van der Waals surface area (Å²) in [6.07, 6.45) is 1.64. The fraction of sp³-hybridized carbons (Fsp3) is 0.231. The van der Waals surface area contributed by atoms with E-state index in [4.69, 9.17) is 9.68 Å². The molecule has 0 radical (unpaired) electrons. The molecule has 2 aromatic rings. The normalized spacial score (nSPS) is 11.8. The minimum Gasteiger partial charge on any atom is -0.464 e. The van der Waals surface area contributed by atoms with E-state index in [1.165, 1.54) is 0 Å². The van der Waals surface area contributed by atoms with Crippen LogP contribution in [-0.4, -0.2) is 4.98 Å². The van der Waals surface area contributed by atoms with Crippen molar-refractivity contribution >= 4 is 5.69 Å². The van der Waals surface area contributed by atoms with Crippen molar-refractivity contribution in [3.05, 3.63) is 47.7 Å². The summed E-state index contributed by atoms with van der Waals surface area (Å²) in [5.41, 5.74) is 1.28. The lowest BCUT2D eigenvalue weighted by Crippen LogP contribution is -2.05. The molecule has 0 aliphatic heterocycles. The third-order valence-electron chi connectivity index (χ3n) is 2.45. The predicted octanol–water partition coefficient (Wildman–Crippen LogP) is 3.03. The van der Waals surface area contributed by atoms with Gasteiger partial charge in [-0.15, -0.1) is 0 Å². The van der Waals surface area contributed by atoms with Crippen LogP contribution in [0.5, 0.6) is 0 Å². The highest BCUT2D eigenvalue weighted by Gasteiger charge is 2.09. The third kappa shape index (κ3) is 2.64. The Morgan fingerprint density at radius 2 is 2.18 bits per heavy atom. The summed E-state index contributed by atoms with van der Waals surface area (Å²) in [4.78, 5) is 3.99. The van der Waals surface area contributed by atoms with Crippen molar-refractivity contribution in [2.24, 2.45) is 0 Å². The molecule has 0 aliphatic carbocycles. The third-order valence-corrected chi connectivity index (χ3v) is 2.45. The highest BCUT2D eigenvalue weighted by molar-refractivity contribution is 5.44. The first-order chi connectivity index (χ1) is 8.19. The van der Waals surface area contributed by atoms with E-state index in [-0.39, 0.29) is 6.04 Å². The smallest absolute Gasteiger partial charge is 0.140 e. The van der Waals surface area contributed by atoms with Crippen LogP contribution in [0.15, 0.2) is 34.9 Å². The van der Waals surface area contributed by atoms with Crippen LogP contribution < -0.4 is 5.32 Å². The summed E-state index contributed by atoms with van der Waals surface area (Å²) in [6.45, 7) is 3.93. The van der Waals surface area contributed by atoms with E-state index in [9.17, 15) is 0 Å². The molecular formula is C13H13N3O. The van der Waals surface area contributed by atoms with Crippen molar-refractivity contribution in [3.63, 3.8) is 0 Å². The maximum Gasteiger partial charge on any atom is 0.140 e. The fourth-order valence-electron chi connectivity index (χ4n) is 1.55. The zero-order valence-corrected chi connectivity index (χ0v) is 9.77. The zero-order valence-electron chi connectivity index (χ0n) is 9.77. The SMILES string of the molecule is Cc1ccc(C(C)Nc2ccc(C#N)nc2)o1. The number of nitrogens with zero attached hydrogens (tertiary/aromatic N) is 2. The molecule has 0 spiro atoms. The summed E-state index contributed by atoms with van der Waals surface area (Å²) >= 11 is 0. The molecule has 4 nitrogen and oxygen atoms in total. The van der Waals surface area contributed by atoms with Gasteiger partial charge in [0, 0.05) is 0 Å². The van der Waals surface area contributed by atoms with Crippen molar-refractivity contribution in [1.29, 1.82) is 5.26 Å². The fourth-order valence-corrected chi connectivity index (χ4v) is 1.55. The molecule has 0 amide bonds. The number of aromatic nitrogens is 1. The Labute approximate surface area is 99.9 Å². The van der Waals surface area contributed by atoms with Crippen LogP contribution in [-0.2, 0) is 0 Å². The quantitative estimate of drug-likeness (QED) is 0.875. The van der Waals surface area contributed by atoms with Gasteiger partial charge in [-0.1, -0.05) is 0 Å². The Kier molecular flexibility index (Phi) is 3.10. The molecule has 0 saturated carbocycles. The highest BCUT2D eigenvalue weighted by atomic mass is 16.3. The maximum absolute atomic E-state index is 8.64. The van der Waals surface area contributed by atoms with E-state index >= 15 is 0 Å². The molecule has 0 bridgehead atoms. The molecule has 1 atom stereocenters. The average molecular weight is 227 g/mol. The van der Waals surface area contributed by atoms with Gasteiger partial charge in [0.2, 0.25) is 0 Å². The average Bonchev–Trinajstić information content (AvgIpc) is 2.77. The summed E-state index contributed by atoms with van der Waals surface area (Å²) in [5.74, 6) is 1.78. The number of anilines is 1. The molecule has 86 valence electrons. The number of furan rings is 1. The molecule has 0 aliphatic rings. The molecule has 2 rings (SSSR count). The Morgan fingerprint density at radius 1 is 1.35 bits per heavy atom. The van der Waals surface area contributed by atoms with Crippen LogP contribution >= 0.6 is 0 Å². The van der Waals surface area contributed by atoms with Gasteiger partial charge in [-0.05, 0) is 38.1 Å². The van der Waals surface area contributed by atoms with Gasteiger partial charge >= 0.3 is 0 Å². The minimum atomic E-state index is 0.0680. The summed E-state index contributed by atoms with van der Waals surface area (Å²) in [6, 6.07) is 9.45. The van der Waals surface area contributed by atoms with Crippen molar-refractivity contribution in [1.82, 2.24) is 4.98 Å². The Bertz CT molecular complexity index is 537. The molecule has 17 heavy (non-hydrogen) atoms. The van der Waals surface area contributed by atoms with E-state index in [0.29, 0.717) is 5.69 Å². The molecule has 0 saturated heterocycles. The number of hydrogen-bond donors (Lipinski definition) is 1. The summed E-state index contributed by atoms with van der Waals surface area (Å²) in [7, 11) is 0. The number of rotatable bonds is 3. The maximum atomic E-state index is 8.64. The second-order valence-electron chi connectivity index (χ2n) is 3.86. The largest absolute Gasteiger partial charge is 0.464 e. The molecular weight excluding hydrogens is 214 g/mol. The van der Waals surface area contributed by atoms with E-state index in [1.807, 2.05) is 38.1 Å². The zero-order chi connectivity index (χ0) is 12.3. The van der Waals surface area contributed by atoms with Gasteiger partial charge in [0.1, 0.15) is 23.3 Å². The van der Waals surface area contributed by atoms with Crippen molar-refractivity contribution in [2.75, 3.05) is 5.32 Å². The Balaban J connectivity index is 2.08. The number of pyridine rings is 1. The first kappa shape index (κ1) is 11.2. The van der Waals surface area contributed by atoms with Gasteiger partial charge in [-0.2, -0.15) is 5.26 Å². The number of nitriles is 1. The lowest BCUT2D eigenvalue weighted by molar-refractivity contribution is 0.467. The van der Waals surface area contributed by atoms with E-state index in [1.54, 1.807) is 12.3 Å². The minimum absolute atomic E-state index is 0.0680. The van der Waals surface area contributed by atoms with Crippen LogP contribution in [0, 0.1) is 18.3 Å². The standard InChI is InChI=1S/C13H13N3O/c1-9-3-6-13(17-9)10(2)16-12-5-4-11(7-14)15-8-12/h3-6,8,10,16H,1-2H3. The topological polar surface area (TPSA) is 61.9 Å². The predicted molar refractivity (Wildman–Crippen MR) is 64.4 cm³/mol. The van der Waals surface area contributed by atoms with Gasteiger partial charge in [0.25, 0.3) is 0 Å². The molecule has 1 unspecified atom stereocenters. The van der Waals surface area contributed by atoms with Crippen molar-refractivity contribution in [3.8, 4) is 6.07 Å². The van der Waals surface area contributed by atoms with Gasteiger partial charge in [0.05, 0.1) is 17.9 Å². The number of nitrogens with one attached hydrogen (secondary N) is 1. The Hall–Kier alpha value is -2.28. The second-order valence-corrected chi connectivity index (χ2v) is 3.86. The van der Waals surface area contributed by atoms with E-state index in [2.05, 4.69) is 10.3 Å². The van der Waals surface area contributed by atoms with Crippen LogP contribution in [0.1, 0.15) is 30.2 Å². The first-order valence-electron chi connectivity index (χ1n) is 5.38. The number of hydrogen-bond acceptors (Lipinski definition) is 4. The van der Waals surface area contributed by atoms with Crippen LogP contribution in [0.3, 0.4) is 0 Å². The molecule has 1 N–H and O–H groups in total. The van der Waals surface area contributed by atoms with Crippen LogP contribution in [0.2, 0.25) is 0 Å². The highest BCUT2D eigenvalue weighted by Crippen LogP contribution is 2.20. The first-order valence-corrected chi connectivity index (χ1v) is 5.38. The number of aryl methyl sites for hydroxylation is 1. The molecule has 0 fully saturated rings. The van der Waals surface area contributed by atoms with E-state index < -0.39 is 0 Å². The molecule has 0 aromatic carbocycles. The van der Waals surface area contributed by atoms with Gasteiger partial charge < -0.3 is 9.73 Å². The van der Waals surface area contributed by atoms with Crippen molar-refractivity contribution in [2.45, 2.75) is 19.9 Å². The lowest BCUT2D eigenvalue weighted by atomic mass is 10.2. The molecule has 4 heteroatoms. The Morgan fingerprint density at radius 3 is 2.71 bits per heavy atom. The van der Waals surface area contributed by atoms with Crippen LogP contribution in [0.25, 0.3) is 0 Å². The molecule has 2 aromatic heterocycles.